The van der Waals surface area contributed by atoms with E-state index in [0.717, 1.165) is 59.7 Å². The third-order valence-electron chi connectivity index (χ3n) is 7.95. The highest BCUT2D eigenvalue weighted by molar-refractivity contribution is 5.76. The van der Waals surface area contributed by atoms with Gasteiger partial charge in [0.25, 0.3) is 0 Å². The maximum absolute atomic E-state index is 12.8. The molecule has 3 aromatic carbocycles. The normalized spacial score (nSPS) is 17.0. The van der Waals surface area contributed by atoms with Crippen molar-refractivity contribution >= 4 is 17.5 Å². The van der Waals surface area contributed by atoms with Crippen LogP contribution in [0.5, 0.6) is 17.2 Å². The second-order valence-electron chi connectivity index (χ2n) is 11.3. The molecule has 0 amide bonds. The first-order valence-corrected chi connectivity index (χ1v) is 15.8. The number of para-hydroxylation sites is 2. The molecule has 49 heavy (non-hydrogen) atoms. The summed E-state index contributed by atoms with van der Waals surface area (Å²) in [5.74, 6) is -0.674. The Hall–Kier alpha value is -4.59. The molecule has 0 aliphatic carbocycles. The molecule has 2 heterocycles. The number of methoxy groups -OCH3 is 2. The monoisotopic (exact) mass is 686 g/mol. The first-order chi connectivity index (χ1) is 23.6. The van der Waals surface area contributed by atoms with Crippen LogP contribution in [0.1, 0.15) is 29.5 Å². The number of halogens is 3. The van der Waals surface area contributed by atoms with Gasteiger partial charge in [-0.15, -0.1) is 0 Å². The van der Waals surface area contributed by atoms with Crippen molar-refractivity contribution in [3.8, 4) is 17.2 Å². The van der Waals surface area contributed by atoms with Crippen molar-refractivity contribution in [1.82, 2.24) is 10.6 Å². The predicted molar refractivity (Wildman–Crippen MR) is 176 cm³/mol. The molecule has 3 N–H and O–H groups in total. The van der Waals surface area contributed by atoms with Gasteiger partial charge in [-0.25, -0.2) is 4.79 Å². The van der Waals surface area contributed by atoms with Crippen molar-refractivity contribution < 1.29 is 51.6 Å². The number of carboxylic acids is 1. The number of benzene rings is 3. The number of piperazine rings is 1. The minimum absolute atomic E-state index is 0.123. The Morgan fingerprint density at radius 3 is 2.14 bits per heavy atom. The van der Waals surface area contributed by atoms with E-state index >= 15 is 0 Å². The molecule has 2 atom stereocenters. The van der Waals surface area contributed by atoms with E-state index in [-0.39, 0.29) is 25.0 Å². The number of alkyl halides is 3. The topological polar surface area (TPSA) is 125 Å². The number of hydrogen-bond donors (Lipinski definition) is 3. The van der Waals surface area contributed by atoms with E-state index in [1.165, 1.54) is 5.57 Å². The van der Waals surface area contributed by atoms with Crippen molar-refractivity contribution in [2.45, 2.75) is 44.1 Å². The summed E-state index contributed by atoms with van der Waals surface area (Å²) in [5, 5.41) is 14.3. The van der Waals surface area contributed by atoms with E-state index in [0.29, 0.717) is 31.6 Å². The first-order valence-electron chi connectivity index (χ1n) is 15.8. The second kappa shape index (κ2) is 18.2. The third-order valence-corrected chi connectivity index (χ3v) is 7.95. The van der Waals surface area contributed by atoms with Gasteiger partial charge in [0, 0.05) is 42.7 Å². The molecular formula is C36H41F3N2O8. The molecule has 1 fully saturated rings. The van der Waals surface area contributed by atoms with E-state index in [1.54, 1.807) is 14.2 Å². The lowest BCUT2D eigenvalue weighted by Crippen LogP contribution is -2.58. The summed E-state index contributed by atoms with van der Waals surface area (Å²) in [6.45, 7) is 3.66. The standard InChI is InChI=1S/C34H40N2O6.C2HF3O2/c1-38-32-10-5-3-8-25(32)18-34(37)42-23-30-29(19-27-20-35-21-31(30)36-27)24-12-14-28(15-13-24)41-17-7-16-40-22-26-9-4-6-11-33(26)39-2;3-2(4,5)1(6)7/h3-6,8-15,27,31,35-36H,7,16-23H2,1-2H3;(H,6,7)/t27-,31-;/m1./s1. The average Bonchev–Trinajstić information content (AvgIpc) is 3.10. The molecule has 13 heteroatoms. The highest BCUT2D eigenvalue weighted by atomic mass is 19.4. The molecule has 0 spiro atoms. The van der Waals surface area contributed by atoms with Gasteiger partial charge in [0.15, 0.2) is 0 Å². The number of ether oxygens (including phenoxy) is 5. The predicted octanol–water partition coefficient (Wildman–Crippen LogP) is 5.20. The summed E-state index contributed by atoms with van der Waals surface area (Å²) in [6, 6.07) is 24.1. The minimum atomic E-state index is -5.08. The molecular weight excluding hydrogens is 645 g/mol. The van der Waals surface area contributed by atoms with Crippen LogP contribution in [0.15, 0.2) is 78.4 Å². The van der Waals surface area contributed by atoms with Crippen LogP contribution in [0.3, 0.4) is 0 Å². The van der Waals surface area contributed by atoms with Gasteiger partial charge in [0.05, 0.1) is 40.5 Å². The quantitative estimate of drug-likeness (QED) is 0.154. The molecule has 2 aliphatic rings. The molecule has 2 aliphatic heterocycles. The van der Waals surface area contributed by atoms with Gasteiger partial charge in [0.2, 0.25) is 0 Å². The van der Waals surface area contributed by atoms with Gasteiger partial charge in [0.1, 0.15) is 23.9 Å². The Balaban J connectivity index is 0.000000698. The van der Waals surface area contributed by atoms with E-state index in [2.05, 4.69) is 22.8 Å². The fourth-order valence-electron chi connectivity index (χ4n) is 5.56. The zero-order valence-electron chi connectivity index (χ0n) is 27.4. The third kappa shape index (κ3) is 11.2. The molecule has 5 rings (SSSR count). The van der Waals surface area contributed by atoms with Crippen LogP contribution >= 0.6 is 0 Å². The van der Waals surface area contributed by atoms with Crippen molar-refractivity contribution in [3.05, 3.63) is 95.1 Å². The van der Waals surface area contributed by atoms with Gasteiger partial charge in [-0.05, 0) is 47.4 Å². The van der Waals surface area contributed by atoms with E-state index < -0.39 is 12.1 Å². The number of aliphatic carboxylic acids is 1. The highest BCUT2D eigenvalue weighted by Crippen LogP contribution is 2.32. The van der Waals surface area contributed by atoms with Crippen molar-refractivity contribution in [3.63, 3.8) is 0 Å². The maximum Gasteiger partial charge on any atom is 0.490 e. The number of carbonyl (C=O) groups excluding carboxylic acids is 1. The largest absolute Gasteiger partial charge is 0.496 e. The van der Waals surface area contributed by atoms with Gasteiger partial charge >= 0.3 is 18.1 Å². The molecule has 1 saturated heterocycles. The Bertz CT molecular complexity index is 1560. The van der Waals surface area contributed by atoms with Crippen LogP contribution in [0.4, 0.5) is 13.2 Å². The summed E-state index contributed by atoms with van der Waals surface area (Å²) in [5.41, 5.74) is 5.35. The van der Waals surface area contributed by atoms with Gasteiger partial charge < -0.3 is 39.4 Å². The Morgan fingerprint density at radius 1 is 0.857 bits per heavy atom. The smallest absolute Gasteiger partial charge is 0.490 e. The lowest BCUT2D eigenvalue weighted by atomic mass is 9.84. The van der Waals surface area contributed by atoms with Crippen LogP contribution in [0, 0.1) is 0 Å². The van der Waals surface area contributed by atoms with Crippen LogP contribution in [-0.4, -0.2) is 82.4 Å². The lowest BCUT2D eigenvalue weighted by Gasteiger charge is -2.40. The molecule has 0 aromatic heterocycles. The van der Waals surface area contributed by atoms with Gasteiger partial charge in [-0.1, -0.05) is 48.5 Å². The molecule has 264 valence electrons. The van der Waals surface area contributed by atoms with Crippen molar-refractivity contribution in [1.29, 1.82) is 0 Å². The molecule has 0 unspecified atom stereocenters. The summed E-state index contributed by atoms with van der Waals surface area (Å²) in [4.78, 5) is 21.7. The maximum atomic E-state index is 12.8. The molecule has 0 saturated carbocycles. The van der Waals surface area contributed by atoms with E-state index in [1.807, 2.05) is 60.7 Å². The number of carboxylic acid groups (broad SMARTS) is 1. The summed E-state index contributed by atoms with van der Waals surface area (Å²) >= 11 is 0. The average molecular weight is 687 g/mol. The summed E-state index contributed by atoms with van der Waals surface area (Å²) in [6.07, 6.45) is -3.26. The van der Waals surface area contributed by atoms with E-state index in [9.17, 15) is 18.0 Å². The lowest BCUT2D eigenvalue weighted by molar-refractivity contribution is -0.192. The van der Waals surface area contributed by atoms with Gasteiger partial charge in [-0.2, -0.15) is 13.2 Å². The molecule has 10 nitrogen and oxygen atoms in total. The van der Waals surface area contributed by atoms with Crippen LogP contribution in [-0.2, 0) is 32.1 Å². The Labute approximate surface area is 283 Å². The second-order valence-corrected chi connectivity index (χ2v) is 11.3. The number of fused-ring (bicyclic) bond motifs is 2. The SMILES string of the molecule is COc1ccccc1COCCCOc1ccc(C2=C(COC(=O)Cc3ccccc3OC)[C@H]3CNC[C@@H](C2)N3)cc1.O=C(O)C(F)(F)F. The zero-order valence-corrected chi connectivity index (χ0v) is 27.4. The Kier molecular flexibility index (Phi) is 13.9. The highest BCUT2D eigenvalue weighted by Gasteiger charge is 2.38. The van der Waals surface area contributed by atoms with Crippen LogP contribution < -0.4 is 24.8 Å². The van der Waals surface area contributed by atoms with Crippen molar-refractivity contribution in [2.75, 3.05) is 47.1 Å². The minimum Gasteiger partial charge on any atom is -0.496 e. The zero-order chi connectivity index (χ0) is 35.2. The van der Waals surface area contributed by atoms with Crippen molar-refractivity contribution in [2.24, 2.45) is 0 Å². The number of nitrogens with one attached hydrogen (secondary N) is 2. The van der Waals surface area contributed by atoms with Gasteiger partial charge in [-0.3, -0.25) is 4.79 Å². The molecule has 2 bridgehead atoms. The number of carbonyl (C=O) groups is 2. The van der Waals surface area contributed by atoms with E-state index in [4.69, 9.17) is 33.6 Å². The summed E-state index contributed by atoms with van der Waals surface area (Å²) in [7, 11) is 3.28. The number of esters is 1. The van der Waals surface area contributed by atoms with Crippen LogP contribution in [0.2, 0.25) is 0 Å². The molecule has 3 aromatic rings. The fourth-order valence-corrected chi connectivity index (χ4v) is 5.56. The number of hydrogen-bond acceptors (Lipinski definition) is 9. The molecule has 0 radical (unpaired) electrons. The fraction of sp³-hybridized carbons (Fsp3) is 0.389. The number of rotatable bonds is 14. The first kappa shape index (κ1) is 37.2. The summed E-state index contributed by atoms with van der Waals surface area (Å²) < 4.78 is 60.1. The van der Waals surface area contributed by atoms with Crippen LogP contribution in [0.25, 0.3) is 5.57 Å². The Morgan fingerprint density at radius 2 is 1.49 bits per heavy atom.